The highest BCUT2D eigenvalue weighted by molar-refractivity contribution is 6.32. The standard InChI is InChI=1S/2C21H21ClFN3O3.C14H17ClFNO2.C12H16FNO.C7H5ClN2O/c22-15-3-6-18-17(11-15)24-20(28)26(18)13-19(27)25-9-7-21(29,8-10-25)12-14-1-4-16(23)5-2-14;22-15-3-6-17-18(11-15)26(20(28)24-17)13-19(27)25-9-7-21(29,8-10-25)12-14-1-4-16(23)5-2-14;15-10-13(18)17-7-5-14(19,6-8-17)9-11-1-3-12(16)4-2-11;13-11-3-1-10(2-4-11)9-12(15)5-7-14-8-6-12;8-4-1-2-5-6(3-4)10-7(11)9-5/h2*1-6,11,29H,7-10,12-13H2,(H,24,28);1-4,19H,5-10H2;1-4,14-15H,5-9H2;1-3H,(H2,9,10,11). The van der Waals surface area contributed by atoms with Crippen molar-refractivity contribution in [3.8, 4) is 0 Å². The summed E-state index contributed by atoms with van der Waals surface area (Å²) in [4.78, 5) is 87.8. The summed E-state index contributed by atoms with van der Waals surface area (Å²) in [5.74, 6) is -1.59. The van der Waals surface area contributed by atoms with Crippen LogP contribution in [0.5, 0.6) is 0 Å². The van der Waals surface area contributed by atoms with Gasteiger partial charge in [-0.15, -0.1) is 11.6 Å². The quantitative estimate of drug-likeness (QED) is 0.0387. The average Bonchev–Trinajstić information content (AvgIpc) is 1.69. The molecule has 0 radical (unpaired) electrons. The van der Waals surface area contributed by atoms with E-state index in [0.717, 1.165) is 59.2 Å². The van der Waals surface area contributed by atoms with Crippen molar-refractivity contribution in [2.75, 3.05) is 58.2 Å². The first-order chi connectivity index (χ1) is 49.1. The zero-order valence-corrected chi connectivity index (χ0v) is 59.2. The van der Waals surface area contributed by atoms with Crippen LogP contribution >= 0.6 is 46.4 Å². The van der Waals surface area contributed by atoms with Gasteiger partial charge in [-0.05, 0) is 190 Å². The van der Waals surface area contributed by atoms with Crippen LogP contribution in [0.4, 0.5) is 17.6 Å². The molecule has 0 spiro atoms. The molecule has 4 aliphatic rings. The van der Waals surface area contributed by atoms with Crippen molar-refractivity contribution in [1.82, 2.24) is 49.1 Å². The number of H-pyrrole nitrogens is 4. The Labute approximate surface area is 609 Å². The monoisotopic (exact) mass is 1500 g/mol. The number of piperidine rings is 4. The number of halogens is 8. The minimum atomic E-state index is -0.931. The van der Waals surface area contributed by atoms with Gasteiger partial charge >= 0.3 is 17.1 Å². The molecule has 4 saturated heterocycles. The highest BCUT2D eigenvalue weighted by Gasteiger charge is 2.37. The van der Waals surface area contributed by atoms with Crippen molar-refractivity contribution in [2.45, 2.75) is 113 Å². The fourth-order valence-electron chi connectivity index (χ4n) is 13.2. The lowest BCUT2D eigenvalue weighted by Crippen LogP contribution is -2.48. The molecular formula is C75H80Cl4F4N10O10. The summed E-state index contributed by atoms with van der Waals surface area (Å²) >= 11 is 23.2. The lowest BCUT2D eigenvalue weighted by atomic mass is 9.85. The number of likely N-dealkylation sites (tertiary alicyclic amines) is 3. The van der Waals surface area contributed by atoms with Gasteiger partial charge in [0.1, 0.15) is 42.2 Å². The van der Waals surface area contributed by atoms with Crippen LogP contribution in [0.25, 0.3) is 33.1 Å². The normalized spacial score (nSPS) is 16.6. The highest BCUT2D eigenvalue weighted by Crippen LogP contribution is 2.31. The van der Waals surface area contributed by atoms with Crippen LogP contribution in [0, 0.1) is 23.3 Å². The number of amides is 3. The summed E-state index contributed by atoms with van der Waals surface area (Å²) in [5, 5.41) is 47.3. The van der Waals surface area contributed by atoms with Gasteiger partial charge in [0.05, 0.1) is 55.5 Å². The third-order valence-corrected chi connectivity index (χ3v) is 20.0. The number of carbonyl (C=O) groups excluding carboxylic acids is 3. The minimum absolute atomic E-state index is 0.0175. The van der Waals surface area contributed by atoms with E-state index in [0.29, 0.717) is 141 Å². The fraction of sp³-hybridized carbons (Fsp3) is 0.360. The number of imidazole rings is 3. The maximum Gasteiger partial charge on any atom is 0.326 e. The number of nitrogens with one attached hydrogen (secondary N) is 5. The predicted octanol–water partition coefficient (Wildman–Crippen LogP) is 10.4. The molecule has 0 bridgehead atoms. The highest BCUT2D eigenvalue weighted by atomic mass is 35.5. The minimum Gasteiger partial charge on any atom is -0.389 e. The lowest BCUT2D eigenvalue weighted by Gasteiger charge is -2.38. The molecule has 546 valence electrons. The van der Waals surface area contributed by atoms with Crippen molar-refractivity contribution in [2.24, 2.45) is 0 Å². The molecular weight excluding hydrogens is 1420 g/mol. The van der Waals surface area contributed by atoms with E-state index < -0.39 is 22.4 Å². The summed E-state index contributed by atoms with van der Waals surface area (Å²) in [6.07, 6.45) is 6.20. The summed E-state index contributed by atoms with van der Waals surface area (Å²) < 4.78 is 54.4. The summed E-state index contributed by atoms with van der Waals surface area (Å²) in [6, 6.07) is 40.0. The molecule has 20 nitrogen and oxygen atoms in total. The fourth-order valence-corrected chi connectivity index (χ4v) is 13.9. The number of nitrogens with zero attached hydrogens (tertiary/aromatic N) is 5. The van der Waals surface area contributed by atoms with Crippen LogP contribution in [0.15, 0.2) is 166 Å². The number of alkyl halides is 1. The summed E-state index contributed by atoms with van der Waals surface area (Å²) in [6.45, 7) is 4.19. The predicted molar refractivity (Wildman–Crippen MR) is 390 cm³/mol. The van der Waals surface area contributed by atoms with Crippen molar-refractivity contribution >= 4 is 97.2 Å². The third-order valence-electron chi connectivity index (χ3n) is 19.1. The van der Waals surface area contributed by atoms with Crippen molar-refractivity contribution < 1.29 is 52.4 Å². The van der Waals surface area contributed by atoms with E-state index in [1.54, 1.807) is 118 Å². The van der Waals surface area contributed by atoms with Crippen LogP contribution in [0.1, 0.15) is 73.6 Å². The van der Waals surface area contributed by atoms with E-state index in [2.05, 4.69) is 25.3 Å². The van der Waals surface area contributed by atoms with Gasteiger partial charge in [-0.2, -0.15) is 0 Å². The first-order valence-electron chi connectivity index (χ1n) is 33.7. The van der Waals surface area contributed by atoms with E-state index in [-0.39, 0.29) is 77.0 Å². The van der Waals surface area contributed by atoms with Crippen LogP contribution in [-0.4, -0.2) is 163 Å². The van der Waals surface area contributed by atoms with Crippen LogP contribution < -0.4 is 22.4 Å². The zero-order valence-electron chi connectivity index (χ0n) is 56.2. The van der Waals surface area contributed by atoms with Crippen molar-refractivity contribution in [3.05, 3.63) is 244 Å². The number of benzene rings is 7. The molecule has 3 aromatic heterocycles. The molecule has 14 rings (SSSR count). The molecule has 10 aromatic rings. The topological polar surface area (TPSA) is 278 Å². The third kappa shape index (κ3) is 21.5. The number of hydrogen-bond acceptors (Lipinski definition) is 11. The molecule has 103 heavy (non-hydrogen) atoms. The van der Waals surface area contributed by atoms with E-state index >= 15 is 0 Å². The molecule has 4 aliphatic heterocycles. The summed E-state index contributed by atoms with van der Waals surface area (Å²) in [5.41, 5.74) is 3.34. The summed E-state index contributed by atoms with van der Waals surface area (Å²) in [7, 11) is 0. The maximum atomic E-state index is 13.1. The number of aromatic amines is 4. The SMILES string of the molecule is O=C(CCl)N1CCC(O)(Cc2ccc(F)cc2)CC1.O=C(Cn1c(=O)[nH]c2cc(Cl)ccc21)N1CCC(O)(Cc2ccc(F)cc2)CC1.O=C(Cn1c(=O)[nH]c2ccc(Cl)cc21)N1CCC(O)(Cc2ccc(F)cc2)CC1.O=c1[nH]c2ccc(Cl)cc2[nH]1.OC1(Cc2ccc(F)cc2)CCNCC1. The Balaban J connectivity index is 0.000000144. The van der Waals surface area contributed by atoms with E-state index in [1.807, 2.05) is 0 Å². The second kappa shape index (κ2) is 34.4. The number of aromatic nitrogens is 6. The molecule has 28 heteroatoms. The zero-order chi connectivity index (χ0) is 73.6. The van der Waals surface area contributed by atoms with Gasteiger partial charge in [-0.3, -0.25) is 23.5 Å². The number of hydrogen-bond donors (Lipinski definition) is 9. The molecule has 9 N–H and O–H groups in total. The van der Waals surface area contributed by atoms with Gasteiger partial charge in [0.15, 0.2) is 0 Å². The van der Waals surface area contributed by atoms with Crippen molar-refractivity contribution in [3.63, 3.8) is 0 Å². The average molecular weight is 1500 g/mol. The Bertz CT molecular complexity index is 4710. The molecule has 0 saturated carbocycles. The Morgan fingerprint density at radius 3 is 1.10 bits per heavy atom. The van der Waals surface area contributed by atoms with E-state index in [1.165, 1.54) is 57.7 Å². The van der Waals surface area contributed by atoms with Gasteiger partial charge in [0.25, 0.3) is 0 Å². The van der Waals surface area contributed by atoms with Gasteiger partial charge in [-0.25, -0.2) is 31.9 Å². The second-order valence-corrected chi connectivity index (χ2v) is 28.3. The molecule has 0 atom stereocenters. The molecule has 7 aromatic carbocycles. The maximum absolute atomic E-state index is 13.1. The first kappa shape index (κ1) is 77.1. The van der Waals surface area contributed by atoms with Crippen LogP contribution in [-0.2, 0) is 53.2 Å². The second-order valence-electron chi connectivity index (χ2n) is 26.8. The largest absolute Gasteiger partial charge is 0.389 e. The Hall–Kier alpha value is -8.56. The van der Waals surface area contributed by atoms with Gasteiger partial charge in [0, 0.05) is 80.0 Å². The van der Waals surface area contributed by atoms with Gasteiger partial charge < -0.3 is 60.4 Å². The van der Waals surface area contributed by atoms with Gasteiger partial charge in [0.2, 0.25) is 17.7 Å². The molecule has 3 amide bonds. The Morgan fingerprint density at radius 1 is 0.379 bits per heavy atom. The van der Waals surface area contributed by atoms with Crippen molar-refractivity contribution in [1.29, 1.82) is 0 Å². The Morgan fingerprint density at radius 2 is 0.699 bits per heavy atom. The molecule has 7 heterocycles. The number of carbonyl (C=O) groups is 3. The number of rotatable bonds is 13. The smallest absolute Gasteiger partial charge is 0.326 e. The molecule has 0 unspecified atom stereocenters. The van der Waals surface area contributed by atoms with Crippen LogP contribution in [0.3, 0.4) is 0 Å². The van der Waals surface area contributed by atoms with Gasteiger partial charge in [-0.1, -0.05) is 83.3 Å². The first-order valence-corrected chi connectivity index (χ1v) is 35.4. The number of aliphatic hydroxyl groups is 4. The molecule has 0 aliphatic carbocycles. The van der Waals surface area contributed by atoms with E-state index in [4.69, 9.17) is 46.4 Å². The van der Waals surface area contributed by atoms with E-state index in [9.17, 15) is 66.8 Å². The lowest BCUT2D eigenvalue weighted by molar-refractivity contribution is -0.137. The van der Waals surface area contributed by atoms with Crippen LogP contribution in [0.2, 0.25) is 15.1 Å². The number of fused-ring (bicyclic) bond motifs is 3. The Kier molecular flexibility index (Phi) is 25.7. The molecule has 4 fully saturated rings.